The zero-order valence-electron chi connectivity index (χ0n) is 21.6. The number of hydrogen-bond acceptors (Lipinski definition) is 8. The molecule has 2 aromatic carbocycles. The lowest BCUT2D eigenvalue weighted by Crippen LogP contribution is -2.36. The fourth-order valence-electron chi connectivity index (χ4n) is 5.30. The minimum atomic E-state index is -0.626. The summed E-state index contributed by atoms with van der Waals surface area (Å²) in [5.41, 5.74) is 4.27. The van der Waals surface area contributed by atoms with E-state index < -0.39 is 11.9 Å². The quantitative estimate of drug-likeness (QED) is 0.338. The van der Waals surface area contributed by atoms with Crippen LogP contribution in [0.2, 0.25) is 0 Å². The number of dihydropyridines is 1. The lowest BCUT2D eigenvalue weighted by Gasteiger charge is -2.37. The minimum Gasteiger partial charge on any atom is -0.497 e. The number of ether oxygens (including phenoxy) is 5. The van der Waals surface area contributed by atoms with Crippen LogP contribution in [-0.2, 0) is 19.1 Å². The first-order valence-electron chi connectivity index (χ1n) is 12.6. The predicted molar refractivity (Wildman–Crippen MR) is 143 cm³/mol. The number of hydrogen-bond donors (Lipinski definition) is 1. The second kappa shape index (κ2) is 11.2. The molecule has 1 N–H and O–H groups in total. The standard InChI is InChI=1S/C29H30BrNO7/c1-4-35-9-10-36-29(33)26-16(2)31-22-11-18(17-5-7-19(34-3)8-6-17)12-23(32)28(22)27(26)20-13-24-25(14-21(20)30)38-15-37-24/h5-8,13-14,18,27,31H,4,9-12,15H2,1-3H3/t18-,27-/m1/s1. The molecule has 0 bridgehead atoms. The number of carbonyl (C=O) groups is 2. The van der Waals surface area contributed by atoms with Crippen LogP contribution in [0.4, 0.5) is 0 Å². The maximum Gasteiger partial charge on any atom is 0.336 e. The number of allylic oxidation sites excluding steroid dienone is 3. The van der Waals surface area contributed by atoms with Crippen molar-refractivity contribution in [3.05, 3.63) is 74.5 Å². The number of ketones is 1. The minimum absolute atomic E-state index is 0.00740. The summed E-state index contributed by atoms with van der Waals surface area (Å²) in [7, 11) is 1.63. The number of methoxy groups -OCH3 is 1. The number of fused-ring (bicyclic) bond motifs is 1. The highest BCUT2D eigenvalue weighted by atomic mass is 79.9. The van der Waals surface area contributed by atoms with E-state index in [1.165, 1.54) is 0 Å². The van der Waals surface area contributed by atoms with E-state index >= 15 is 0 Å². The Bertz CT molecular complexity index is 1310. The third kappa shape index (κ3) is 5.05. The van der Waals surface area contributed by atoms with Gasteiger partial charge in [-0.15, -0.1) is 0 Å². The van der Waals surface area contributed by atoms with Crippen molar-refractivity contribution in [1.82, 2.24) is 5.32 Å². The van der Waals surface area contributed by atoms with Gasteiger partial charge in [-0.2, -0.15) is 0 Å². The van der Waals surface area contributed by atoms with Gasteiger partial charge in [0.2, 0.25) is 6.79 Å². The monoisotopic (exact) mass is 583 g/mol. The summed E-state index contributed by atoms with van der Waals surface area (Å²) in [6.07, 6.45) is 0.966. The van der Waals surface area contributed by atoms with Crippen LogP contribution in [-0.4, -0.2) is 45.5 Å². The molecule has 0 spiro atoms. The fraction of sp³-hybridized carbons (Fsp3) is 0.379. The second-order valence-corrected chi connectivity index (χ2v) is 10.2. The molecule has 38 heavy (non-hydrogen) atoms. The van der Waals surface area contributed by atoms with Crippen molar-refractivity contribution in [3.8, 4) is 17.2 Å². The number of benzene rings is 2. The molecule has 0 amide bonds. The zero-order chi connectivity index (χ0) is 26.8. The van der Waals surface area contributed by atoms with Crippen LogP contribution in [0.5, 0.6) is 17.2 Å². The third-order valence-electron chi connectivity index (χ3n) is 7.10. The molecule has 2 atom stereocenters. The maximum absolute atomic E-state index is 13.8. The summed E-state index contributed by atoms with van der Waals surface area (Å²) < 4.78 is 28.1. The fourth-order valence-corrected chi connectivity index (χ4v) is 5.85. The lowest BCUT2D eigenvalue weighted by atomic mass is 9.71. The Morgan fingerprint density at radius 3 is 2.55 bits per heavy atom. The van der Waals surface area contributed by atoms with Gasteiger partial charge in [0.1, 0.15) is 12.4 Å². The highest BCUT2D eigenvalue weighted by Crippen LogP contribution is 2.49. The van der Waals surface area contributed by atoms with E-state index in [1.807, 2.05) is 50.2 Å². The molecule has 0 fully saturated rings. The van der Waals surface area contributed by atoms with Gasteiger partial charge in [0, 0.05) is 40.4 Å². The first-order chi connectivity index (χ1) is 18.4. The van der Waals surface area contributed by atoms with Gasteiger partial charge in [-0.25, -0.2) is 4.79 Å². The van der Waals surface area contributed by atoms with Gasteiger partial charge in [0.05, 0.1) is 19.3 Å². The van der Waals surface area contributed by atoms with Crippen LogP contribution >= 0.6 is 15.9 Å². The Morgan fingerprint density at radius 2 is 1.84 bits per heavy atom. The molecule has 200 valence electrons. The largest absolute Gasteiger partial charge is 0.497 e. The van der Waals surface area contributed by atoms with Gasteiger partial charge in [0.25, 0.3) is 0 Å². The van der Waals surface area contributed by atoms with Crippen LogP contribution in [0.15, 0.2) is 63.4 Å². The molecule has 8 nitrogen and oxygen atoms in total. The van der Waals surface area contributed by atoms with E-state index in [2.05, 4.69) is 21.2 Å². The number of rotatable bonds is 8. The van der Waals surface area contributed by atoms with E-state index in [0.29, 0.717) is 54.4 Å². The molecule has 2 heterocycles. The van der Waals surface area contributed by atoms with Crippen molar-refractivity contribution in [2.45, 2.75) is 38.5 Å². The molecule has 0 radical (unpaired) electrons. The topological polar surface area (TPSA) is 92.3 Å². The number of nitrogens with one attached hydrogen (secondary N) is 1. The highest BCUT2D eigenvalue weighted by Gasteiger charge is 2.42. The van der Waals surface area contributed by atoms with Gasteiger partial charge < -0.3 is 29.0 Å². The highest BCUT2D eigenvalue weighted by molar-refractivity contribution is 9.10. The maximum atomic E-state index is 13.8. The van der Waals surface area contributed by atoms with E-state index in [4.69, 9.17) is 23.7 Å². The van der Waals surface area contributed by atoms with Gasteiger partial charge in [-0.05, 0) is 61.6 Å². The van der Waals surface area contributed by atoms with Crippen LogP contribution in [0.3, 0.4) is 0 Å². The number of Topliss-reactive ketones (excluding diaryl/α,β-unsaturated/α-hetero) is 1. The summed E-state index contributed by atoms with van der Waals surface area (Å²) >= 11 is 3.66. The van der Waals surface area contributed by atoms with Crippen molar-refractivity contribution >= 4 is 27.7 Å². The van der Waals surface area contributed by atoms with E-state index in [0.717, 1.165) is 27.0 Å². The average Bonchev–Trinajstić information content (AvgIpc) is 3.37. The number of esters is 1. The van der Waals surface area contributed by atoms with Crippen LogP contribution in [0, 0.1) is 0 Å². The molecule has 0 saturated heterocycles. The summed E-state index contributed by atoms with van der Waals surface area (Å²) in [5.74, 6) is 0.838. The van der Waals surface area contributed by atoms with Gasteiger partial charge in [0.15, 0.2) is 17.3 Å². The van der Waals surface area contributed by atoms with Gasteiger partial charge >= 0.3 is 5.97 Å². The normalized spacial score (nSPS) is 20.3. The Labute approximate surface area is 230 Å². The molecule has 3 aliphatic rings. The number of carbonyl (C=O) groups excluding carboxylic acids is 2. The molecule has 0 saturated carbocycles. The Morgan fingerprint density at radius 1 is 1.11 bits per heavy atom. The summed E-state index contributed by atoms with van der Waals surface area (Å²) in [5, 5.41) is 3.39. The van der Waals surface area contributed by atoms with E-state index in [-0.39, 0.29) is 25.1 Å². The SMILES string of the molecule is CCOCCOC(=O)C1=C(C)NC2=C(C(=O)C[C@H](c3ccc(OC)cc3)C2)[C@@H]1c1cc2c(cc1Br)OCO2. The Kier molecular flexibility index (Phi) is 7.76. The molecular formula is C29H30BrNO7. The molecule has 9 heteroatoms. The van der Waals surface area contributed by atoms with Crippen LogP contribution in [0.1, 0.15) is 49.7 Å². The van der Waals surface area contributed by atoms with Crippen molar-refractivity contribution in [2.75, 3.05) is 33.7 Å². The van der Waals surface area contributed by atoms with Gasteiger partial charge in [-0.1, -0.05) is 28.1 Å². The summed E-state index contributed by atoms with van der Waals surface area (Å²) in [6.45, 7) is 4.81. The van der Waals surface area contributed by atoms with Crippen molar-refractivity contribution in [1.29, 1.82) is 0 Å². The average molecular weight is 584 g/mol. The van der Waals surface area contributed by atoms with Crippen molar-refractivity contribution in [3.63, 3.8) is 0 Å². The Balaban J connectivity index is 1.54. The van der Waals surface area contributed by atoms with Crippen LogP contribution in [0.25, 0.3) is 0 Å². The zero-order valence-corrected chi connectivity index (χ0v) is 23.2. The molecule has 5 rings (SSSR count). The van der Waals surface area contributed by atoms with Crippen molar-refractivity contribution < 1.29 is 33.3 Å². The first-order valence-corrected chi connectivity index (χ1v) is 13.4. The lowest BCUT2D eigenvalue weighted by molar-refractivity contribution is -0.140. The number of halogens is 1. The second-order valence-electron chi connectivity index (χ2n) is 9.35. The Hall–Kier alpha value is -3.30. The van der Waals surface area contributed by atoms with Crippen molar-refractivity contribution in [2.24, 2.45) is 0 Å². The van der Waals surface area contributed by atoms with E-state index in [1.54, 1.807) is 7.11 Å². The molecule has 1 aliphatic carbocycles. The molecule has 2 aliphatic heterocycles. The summed E-state index contributed by atoms with van der Waals surface area (Å²) in [6, 6.07) is 11.5. The third-order valence-corrected chi connectivity index (χ3v) is 7.79. The smallest absolute Gasteiger partial charge is 0.336 e. The molecule has 0 unspecified atom stereocenters. The molecule has 2 aromatic rings. The first kappa shape index (κ1) is 26.3. The predicted octanol–water partition coefficient (Wildman–Crippen LogP) is 5.13. The van der Waals surface area contributed by atoms with E-state index in [9.17, 15) is 9.59 Å². The van der Waals surface area contributed by atoms with Gasteiger partial charge in [-0.3, -0.25) is 4.79 Å². The van der Waals surface area contributed by atoms with Crippen LogP contribution < -0.4 is 19.5 Å². The summed E-state index contributed by atoms with van der Waals surface area (Å²) in [4.78, 5) is 27.3. The molecular weight excluding hydrogens is 554 g/mol. The molecule has 0 aromatic heterocycles.